The molecule has 34 heavy (non-hydrogen) atoms. The van der Waals surface area contributed by atoms with Crippen LogP contribution >= 0.6 is 0 Å². The summed E-state index contributed by atoms with van der Waals surface area (Å²) in [5, 5.41) is 9.20. The molecule has 0 radical (unpaired) electrons. The van der Waals surface area contributed by atoms with Crippen LogP contribution in [0.15, 0.2) is 77.7 Å². The SMILES string of the molecule is COc1ccc(S(=O)(=O)n2c(Cc3ccc(C(=O)O)cc3)cc3cc(C(F)(F)F)ccc32)cc1. The topological polar surface area (TPSA) is 85.6 Å². The third kappa shape index (κ3) is 4.36. The molecule has 0 aliphatic heterocycles. The minimum absolute atomic E-state index is 0.0469. The summed E-state index contributed by atoms with van der Waals surface area (Å²) in [5.74, 6) is -0.660. The molecule has 1 heterocycles. The number of aromatic carboxylic acids is 1. The average Bonchev–Trinajstić information content (AvgIpc) is 3.16. The molecule has 0 aliphatic carbocycles. The van der Waals surface area contributed by atoms with E-state index in [1.807, 2.05) is 0 Å². The van der Waals surface area contributed by atoms with Crippen LogP contribution in [0.3, 0.4) is 0 Å². The lowest BCUT2D eigenvalue weighted by molar-refractivity contribution is -0.137. The van der Waals surface area contributed by atoms with Crippen LogP contribution in [0.5, 0.6) is 5.75 Å². The van der Waals surface area contributed by atoms with Crippen molar-refractivity contribution in [2.24, 2.45) is 0 Å². The lowest BCUT2D eigenvalue weighted by Crippen LogP contribution is -2.16. The molecule has 6 nitrogen and oxygen atoms in total. The summed E-state index contributed by atoms with van der Waals surface area (Å²) in [6.07, 6.45) is -4.54. The van der Waals surface area contributed by atoms with Crippen molar-refractivity contribution in [1.82, 2.24) is 3.97 Å². The van der Waals surface area contributed by atoms with Crippen molar-refractivity contribution in [2.45, 2.75) is 17.5 Å². The highest BCUT2D eigenvalue weighted by Crippen LogP contribution is 2.34. The first-order valence-corrected chi connectivity index (χ1v) is 11.4. The van der Waals surface area contributed by atoms with Crippen molar-refractivity contribution in [3.05, 3.63) is 95.2 Å². The van der Waals surface area contributed by atoms with Crippen molar-refractivity contribution >= 4 is 26.9 Å². The Balaban J connectivity index is 1.89. The van der Waals surface area contributed by atoms with Gasteiger partial charge in [-0.15, -0.1) is 0 Å². The molecule has 0 bridgehead atoms. The molecular weight excluding hydrogens is 471 g/mol. The molecule has 0 unspecified atom stereocenters. The zero-order valence-electron chi connectivity index (χ0n) is 17.7. The molecule has 3 aromatic carbocycles. The second-order valence-corrected chi connectivity index (χ2v) is 9.32. The van der Waals surface area contributed by atoms with E-state index in [-0.39, 0.29) is 33.5 Å². The number of ether oxygens (including phenoxy) is 1. The number of benzene rings is 3. The Bertz CT molecular complexity index is 1470. The first-order chi connectivity index (χ1) is 16.0. The second kappa shape index (κ2) is 8.53. The second-order valence-electron chi connectivity index (χ2n) is 7.53. The monoisotopic (exact) mass is 489 g/mol. The van der Waals surface area contributed by atoms with Crippen LogP contribution < -0.4 is 4.74 Å². The molecular formula is C24H18F3NO5S. The Morgan fingerprint density at radius 3 is 2.18 bits per heavy atom. The van der Waals surface area contributed by atoms with Crippen LogP contribution in [0.1, 0.15) is 27.2 Å². The lowest BCUT2D eigenvalue weighted by atomic mass is 10.1. The predicted octanol–water partition coefficient (Wildman–Crippen LogP) is 5.19. The van der Waals surface area contributed by atoms with E-state index in [2.05, 4.69) is 0 Å². The normalized spacial score (nSPS) is 12.1. The summed E-state index contributed by atoms with van der Waals surface area (Å²) >= 11 is 0. The number of nitrogens with zero attached hydrogens (tertiary/aromatic N) is 1. The molecule has 0 aliphatic rings. The molecule has 0 spiro atoms. The van der Waals surface area contributed by atoms with Crippen molar-refractivity contribution in [3.8, 4) is 5.75 Å². The fourth-order valence-electron chi connectivity index (χ4n) is 3.66. The predicted molar refractivity (Wildman–Crippen MR) is 119 cm³/mol. The molecule has 0 atom stereocenters. The van der Waals surface area contributed by atoms with Gasteiger partial charge in [-0.05, 0) is 66.2 Å². The van der Waals surface area contributed by atoms with Crippen molar-refractivity contribution in [2.75, 3.05) is 7.11 Å². The van der Waals surface area contributed by atoms with Gasteiger partial charge in [-0.3, -0.25) is 0 Å². The minimum atomic E-state index is -4.59. The molecule has 0 fully saturated rings. The summed E-state index contributed by atoms with van der Waals surface area (Å²) in [7, 11) is -2.74. The number of carbonyl (C=O) groups is 1. The summed E-state index contributed by atoms with van der Waals surface area (Å²) < 4.78 is 73.0. The van der Waals surface area contributed by atoms with E-state index in [0.717, 1.165) is 22.2 Å². The fraction of sp³-hybridized carbons (Fsp3) is 0.125. The number of methoxy groups -OCH3 is 1. The number of hydrogen-bond acceptors (Lipinski definition) is 4. The maximum Gasteiger partial charge on any atom is 0.416 e. The third-order valence-corrected chi connectivity index (χ3v) is 7.12. The number of halogens is 3. The summed E-state index contributed by atoms with van der Waals surface area (Å²) in [5.41, 5.74) is 0.0885. The maximum absolute atomic E-state index is 13.6. The average molecular weight is 489 g/mol. The number of aromatic nitrogens is 1. The van der Waals surface area contributed by atoms with Gasteiger partial charge >= 0.3 is 12.1 Å². The first-order valence-electron chi connectivity index (χ1n) is 9.94. The number of rotatable bonds is 6. The smallest absolute Gasteiger partial charge is 0.416 e. The Hall–Kier alpha value is -3.79. The molecule has 4 aromatic rings. The molecule has 4 rings (SSSR count). The number of carboxylic acids is 1. The van der Waals surface area contributed by atoms with E-state index >= 15 is 0 Å². The van der Waals surface area contributed by atoms with E-state index in [0.29, 0.717) is 11.3 Å². The van der Waals surface area contributed by atoms with Gasteiger partial charge in [0.15, 0.2) is 0 Å². The van der Waals surface area contributed by atoms with E-state index in [4.69, 9.17) is 9.84 Å². The fourth-order valence-corrected chi connectivity index (χ4v) is 5.20. The third-order valence-electron chi connectivity index (χ3n) is 5.34. The van der Waals surface area contributed by atoms with E-state index in [1.54, 1.807) is 0 Å². The van der Waals surface area contributed by atoms with Gasteiger partial charge in [0, 0.05) is 17.5 Å². The molecule has 1 N–H and O–H groups in total. The maximum atomic E-state index is 13.6. The highest BCUT2D eigenvalue weighted by Gasteiger charge is 2.32. The Morgan fingerprint density at radius 2 is 1.62 bits per heavy atom. The summed E-state index contributed by atoms with van der Waals surface area (Å²) in [6.45, 7) is 0. The highest BCUT2D eigenvalue weighted by atomic mass is 32.2. The Morgan fingerprint density at radius 1 is 0.971 bits per heavy atom. The standard InChI is InChI=1S/C24H18F3NO5S/c1-33-20-7-9-21(10-8-20)34(31,32)28-19(12-15-2-4-16(5-3-15)23(29)30)14-17-13-18(24(25,26)27)6-11-22(17)28/h2-11,13-14H,12H2,1H3,(H,29,30). The van der Waals surface area contributed by atoms with Gasteiger partial charge in [-0.25, -0.2) is 17.2 Å². The zero-order valence-corrected chi connectivity index (χ0v) is 18.5. The van der Waals surface area contributed by atoms with E-state index in [9.17, 15) is 26.4 Å². The van der Waals surface area contributed by atoms with Gasteiger partial charge in [0.2, 0.25) is 0 Å². The first kappa shape index (κ1) is 23.4. The quantitative estimate of drug-likeness (QED) is 0.403. The van der Waals surface area contributed by atoms with Gasteiger partial charge in [0.1, 0.15) is 5.75 Å². The van der Waals surface area contributed by atoms with Gasteiger partial charge in [-0.1, -0.05) is 12.1 Å². The van der Waals surface area contributed by atoms with Gasteiger partial charge in [0.25, 0.3) is 10.0 Å². The Kier molecular flexibility index (Phi) is 5.86. The molecule has 1 aromatic heterocycles. The van der Waals surface area contributed by atoms with E-state index < -0.39 is 27.7 Å². The number of hydrogen-bond donors (Lipinski definition) is 1. The zero-order chi connectivity index (χ0) is 24.7. The lowest BCUT2D eigenvalue weighted by Gasteiger charge is -2.13. The van der Waals surface area contributed by atoms with Gasteiger partial charge in [0.05, 0.1) is 28.6 Å². The number of alkyl halides is 3. The molecule has 0 saturated carbocycles. The number of fused-ring (bicyclic) bond motifs is 1. The van der Waals surface area contributed by atoms with Crippen LogP contribution in [0.4, 0.5) is 13.2 Å². The van der Waals surface area contributed by atoms with Crippen molar-refractivity contribution in [1.29, 1.82) is 0 Å². The van der Waals surface area contributed by atoms with Crippen LogP contribution in [-0.2, 0) is 22.6 Å². The van der Waals surface area contributed by atoms with E-state index in [1.165, 1.54) is 61.7 Å². The Labute approximate surface area is 192 Å². The van der Waals surface area contributed by atoms with Gasteiger partial charge < -0.3 is 9.84 Å². The van der Waals surface area contributed by atoms with Crippen LogP contribution in [0.25, 0.3) is 10.9 Å². The number of carboxylic acid groups (broad SMARTS) is 1. The van der Waals surface area contributed by atoms with Crippen molar-refractivity contribution in [3.63, 3.8) is 0 Å². The molecule has 176 valence electrons. The summed E-state index contributed by atoms with van der Waals surface area (Å²) in [6, 6.07) is 15.8. The minimum Gasteiger partial charge on any atom is -0.497 e. The summed E-state index contributed by atoms with van der Waals surface area (Å²) in [4.78, 5) is 11.0. The van der Waals surface area contributed by atoms with Crippen LogP contribution in [0, 0.1) is 0 Å². The van der Waals surface area contributed by atoms with Crippen LogP contribution in [0.2, 0.25) is 0 Å². The molecule has 0 amide bonds. The van der Waals surface area contributed by atoms with Gasteiger partial charge in [-0.2, -0.15) is 13.2 Å². The highest BCUT2D eigenvalue weighted by molar-refractivity contribution is 7.90. The van der Waals surface area contributed by atoms with Crippen molar-refractivity contribution < 1.29 is 36.2 Å². The molecule has 10 heteroatoms. The largest absolute Gasteiger partial charge is 0.497 e. The molecule has 0 saturated heterocycles. The van der Waals surface area contributed by atoms with Crippen LogP contribution in [-0.4, -0.2) is 30.6 Å².